The maximum Gasteiger partial charge on any atom is 0.416 e. The Bertz CT molecular complexity index is 1320. The van der Waals surface area contributed by atoms with Crippen LogP contribution >= 0.6 is 0 Å². The lowest BCUT2D eigenvalue weighted by molar-refractivity contribution is -0.137. The van der Waals surface area contributed by atoms with Gasteiger partial charge in [-0.3, -0.25) is 9.52 Å². The molecule has 3 rings (SSSR count). The van der Waals surface area contributed by atoms with Crippen LogP contribution in [-0.2, 0) is 16.2 Å². The number of hydrogen-bond acceptors (Lipinski definition) is 6. The minimum absolute atomic E-state index is 0.0889. The fourth-order valence-electron chi connectivity index (χ4n) is 2.64. The Labute approximate surface area is 186 Å². The van der Waals surface area contributed by atoms with E-state index in [0.29, 0.717) is 6.07 Å². The molecule has 0 bridgehead atoms. The summed E-state index contributed by atoms with van der Waals surface area (Å²) in [5.41, 5.74) is 0.959. The second-order valence-corrected chi connectivity index (χ2v) is 8.34. The first-order valence-corrected chi connectivity index (χ1v) is 10.6. The zero-order chi connectivity index (χ0) is 24.2. The fourth-order valence-corrected chi connectivity index (χ4v) is 3.74. The van der Waals surface area contributed by atoms with Crippen molar-refractivity contribution in [3.05, 3.63) is 83.4 Å². The molecule has 0 atom stereocenters. The second kappa shape index (κ2) is 9.20. The molecule has 0 heterocycles. The number of hydrazone groups is 1. The highest BCUT2D eigenvalue weighted by Gasteiger charge is 2.30. The molecule has 0 spiro atoms. The van der Waals surface area contributed by atoms with Gasteiger partial charge < -0.3 is 10.2 Å². The standard InChI is InChI=1S/C21H16F3N3O5S/c22-21(23,24)15-4-2-5-16(10-15)27-33(31,32)18-6-1-3-13(9-18)20(30)26-25-12-14-7-8-17(28)11-19(14)29/h1-12,27-29H,(H,26,30). The van der Waals surface area contributed by atoms with Crippen molar-refractivity contribution < 1.29 is 36.6 Å². The Hall–Kier alpha value is -4.06. The third-order valence-corrected chi connectivity index (χ3v) is 5.61. The number of benzene rings is 3. The number of nitrogens with zero attached hydrogens (tertiary/aromatic N) is 1. The van der Waals surface area contributed by atoms with E-state index in [9.17, 15) is 36.6 Å². The summed E-state index contributed by atoms with van der Waals surface area (Å²) in [6.07, 6.45) is -3.53. The molecular formula is C21H16F3N3O5S. The molecule has 0 aliphatic heterocycles. The van der Waals surface area contributed by atoms with Crippen LogP contribution in [0.4, 0.5) is 18.9 Å². The van der Waals surface area contributed by atoms with E-state index in [1.165, 1.54) is 30.3 Å². The molecule has 1 amide bonds. The van der Waals surface area contributed by atoms with Gasteiger partial charge in [-0.1, -0.05) is 12.1 Å². The number of phenolic OH excluding ortho intramolecular Hbond substituents is 2. The molecule has 0 saturated heterocycles. The highest BCUT2D eigenvalue weighted by molar-refractivity contribution is 7.92. The van der Waals surface area contributed by atoms with E-state index in [0.717, 1.165) is 36.5 Å². The van der Waals surface area contributed by atoms with Crippen molar-refractivity contribution >= 4 is 27.8 Å². The zero-order valence-electron chi connectivity index (χ0n) is 16.5. The van der Waals surface area contributed by atoms with Gasteiger partial charge in [-0.05, 0) is 48.5 Å². The van der Waals surface area contributed by atoms with E-state index >= 15 is 0 Å². The number of alkyl halides is 3. The van der Waals surface area contributed by atoms with E-state index in [1.54, 1.807) is 0 Å². The lowest BCUT2D eigenvalue weighted by atomic mass is 10.2. The Morgan fingerprint density at radius 2 is 1.70 bits per heavy atom. The van der Waals surface area contributed by atoms with E-state index in [-0.39, 0.29) is 33.2 Å². The Morgan fingerprint density at radius 3 is 2.39 bits per heavy atom. The molecular weight excluding hydrogens is 463 g/mol. The summed E-state index contributed by atoms with van der Waals surface area (Å²) in [7, 11) is -4.30. The number of carbonyl (C=O) groups excluding carboxylic acids is 1. The number of rotatable bonds is 6. The van der Waals surface area contributed by atoms with Gasteiger partial charge in [0.15, 0.2) is 0 Å². The smallest absolute Gasteiger partial charge is 0.416 e. The summed E-state index contributed by atoms with van der Waals surface area (Å²) < 4.78 is 65.8. The number of nitrogens with one attached hydrogen (secondary N) is 2. The van der Waals surface area contributed by atoms with Crippen molar-refractivity contribution in [2.24, 2.45) is 5.10 Å². The van der Waals surface area contributed by atoms with Gasteiger partial charge in [0.2, 0.25) is 0 Å². The van der Waals surface area contributed by atoms with Gasteiger partial charge in [0.05, 0.1) is 16.7 Å². The third kappa shape index (κ3) is 6.01. The lowest BCUT2D eigenvalue weighted by Crippen LogP contribution is -2.19. The maximum absolute atomic E-state index is 12.9. The monoisotopic (exact) mass is 479 g/mol. The van der Waals surface area contributed by atoms with Crippen molar-refractivity contribution in [2.45, 2.75) is 11.1 Å². The highest BCUT2D eigenvalue weighted by Crippen LogP contribution is 2.31. The molecule has 0 aromatic heterocycles. The van der Waals surface area contributed by atoms with E-state index in [1.807, 2.05) is 0 Å². The van der Waals surface area contributed by atoms with Crippen molar-refractivity contribution in [3.63, 3.8) is 0 Å². The zero-order valence-corrected chi connectivity index (χ0v) is 17.4. The summed E-state index contributed by atoms with van der Waals surface area (Å²) in [5.74, 6) is -1.21. The second-order valence-electron chi connectivity index (χ2n) is 6.65. The molecule has 8 nitrogen and oxygen atoms in total. The SMILES string of the molecule is O=C(NN=Cc1ccc(O)cc1O)c1cccc(S(=O)(=O)Nc2cccc(C(F)(F)F)c2)c1. The molecule has 0 aliphatic rings. The van der Waals surface area contributed by atoms with Crippen LogP contribution in [0, 0.1) is 0 Å². The molecule has 0 radical (unpaired) electrons. The number of halogens is 3. The fraction of sp³-hybridized carbons (Fsp3) is 0.0476. The third-order valence-electron chi connectivity index (χ3n) is 4.23. The van der Waals surface area contributed by atoms with Crippen LogP contribution in [0.1, 0.15) is 21.5 Å². The number of anilines is 1. The number of aromatic hydroxyl groups is 2. The first kappa shape index (κ1) is 23.6. The molecule has 3 aromatic rings. The number of hydrogen-bond donors (Lipinski definition) is 4. The van der Waals surface area contributed by atoms with E-state index < -0.39 is 27.7 Å². The minimum atomic E-state index is -4.64. The van der Waals surface area contributed by atoms with Crippen LogP contribution < -0.4 is 10.1 Å². The highest BCUT2D eigenvalue weighted by atomic mass is 32.2. The summed E-state index contributed by atoms with van der Waals surface area (Å²) in [5, 5.41) is 22.6. The quantitative estimate of drug-likeness (QED) is 0.317. The molecule has 3 aromatic carbocycles. The van der Waals surface area contributed by atoms with Crippen LogP contribution in [0.5, 0.6) is 11.5 Å². The Balaban J connectivity index is 1.75. The van der Waals surface area contributed by atoms with Crippen LogP contribution in [-0.4, -0.2) is 30.8 Å². The molecule has 12 heteroatoms. The molecule has 0 aliphatic carbocycles. The number of phenols is 2. The summed E-state index contributed by atoms with van der Waals surface area (Å²) in [4.78, 5) is 11.9. The molecule has 4 N–H and O–H groups in total. The molecule has 0 fully saturated rings. The molecule has 172 valence electrons. The summed E-state index contributed by atoms with van der Waals surface area (Å²) in [6.45, 7) is 0. The predicted octanol–water partition coefficient (Wildman–Crippen LogP) is 3.68. The van der Waals surface area contributed by atoms with Gasteiger partial charge in [-0.25, -0.2) is 13.8 Å². The van der Waals surface area contributed by atoms with Crippen molar-refractivity contribution in [3.8, 4) is 11.5 Å². The number of sulfonamides is 1. The number of amides is 1. The molecule has 0 saturated carbocycles. The maximum atomic E-state index is 12.9. The number of carbonyl (C=O) groups is 1. The summed E-state index contributed by atoms with van der Waals surface area (Å²) in [6, 6.07) is 12.2. The average Bonchev–Trinajstić information content (AvgIpc) is 2.74. The van der Waals surface area contributed by atoms with Crippen molar-refractivity contribution in [2.75, 3.05) is 4.72 Å². The topological polar surface area (TPSA) is 128 Å². The van der Waals surface area contributed by atoms with Crippen molar-refractivity contribution in [1.29, 1.82) is 0 Å². The van der Waals surface area contributed by atoms with Gasteiger partial charge in [0.25, 0.3) is 15.9 Å². The van der Waals surface area contributed by atoms with Crippen LogP contribution in [0.2, 0.25) is 0 Å². The predicted molar refractivity (Wildman–Crippen MR) is 114 cm³/mol. The Morgan fingerprint density at radius 1 is 0.970 bits per heavy atom. The van der Waals surface area contributed by atoms with Crippen LogP contribution in [0.15, 0.2) is 76.7 Å². The van der Waals surface area contributed by atoms with Gasteiger partial charge >= 0.3 is 6.18 Å². The van der Waals surface area contributed by atoms with Gasteiger partial charge in [-0.2, -0.15) is 18.3 Å². The summed E-state index contributed by atoms with van der Waals surface area (Å²) >= 11 is 0. The first-order valence-electron chi connectivity index (χ1n) is 9.11. The van der Waals surface area contributed by atoms with Crippen molar-refractivity contribution in [1.82, 2.24) is 5.43 Å². The molecule has 33 heavy (non-hydrogen) atoms. The van der Waals surface area contributed by atoms with Crippen LogP contribution in [0.25, 0.3) is 0 Å². The molecule has 0 unspecified atom stereocenters. The lowest BCUT2D eigenvalue weighted by Gasteiger charge is -2.12. The van der Waals surface area contributed by atoms with Gasteiger partial charge in [-0.15, -0.1) is 0 Å². The Kier molecular flexibility index (Phi) is 6.58. The normalized spacial score (nSPS) is 12.0. The minimum Gasteiger partial charge on any atom is -0.508 e. The van der Waals surface area contributed by atoms with Gasteiger partial charge in [0.1, 0.15) is 11.5 Å². The largest absolute Gasteiger partial charge is 0.508 e. The average molecular weight is 479 g/mol. The van der Waals surface area contributed by atoms with Gasteiger partial charge in [0, 0.05) is 22.9 Å². The first-order chi connectivity index (χ1) is 15.5. The van der Waals surface area contributed by atoms with E-state index in [4.69, 9.17) is 0 Å². The van der Waals surface area contributed by atoms with E-state index in [2.05, 4.69) is 15.2 Å². The van der Waals surface area contributed by atoms with Crippen LogP contribution in [0.3, 0.4) is 0 Å².